The molecule has 0 fully saturated rings. The van der Waals surface area contributed by atoms with E-state index in [1.807, 2.05) is 48.7 Å². The van der Waals surface area contributed by atoms with Gasteiger partial charge in [-0.3, -0.25) is 4.98 Å². The molecule has 2 aromatic heterocycles. The van der Waals surface area contributed by atoms with E-state index in [1.165, 1.54) is 0 Å². The SMILES string of the molecule is COc1cc2c(cc1NCc1cccnc1)oc1ccccc12.O=C(O)C(=O)O. The first kappa shape index (κ1) is 19.7. The molecule has 0 bridgehead atoms. The Labute approximate surface area is 165 Å². The maximum absolute atomic E-state index is 9.10. The van der Waals surface area contributed by atoms with E-state index in [0.29, 0.717) is 6.54 Å². The number of aliphatic carboxylic acids is 2. The van der Waals surface area contributed by atoms with Gasteiger partial charge in [-0.25, -0.2) is 9.59 Å². The molecular formula is C21H18N2O6. The third kappa shape index (κ3) is 4.62. The molecule has 2 heterocycles. The molecule has 4 rings (SSSR count). The number of anilines is 1. The van der Waals surface area contributed by atoms with Gasteiger partial charge in [0.25, 0.3) is 0 Å². The highest BCUT2D eigenvalue weighted by Gasteiger charge is 2.12. The van der Waals surface area contributed by atoms with Crippen LogP contribution >= 0.6 is 0 Å². The largest absolute Gasteiger partial charge is 0.495 e. The van der Waals surface area contributed by atoms with Gasteiger partial charge < -0.3 is 24.7 Å². The van der Waals surface area contributed by atoms with Gasteiger partial charge in [0, 0.05) is 35.8 Å². The van der Waals surface area contributed by atoms with E-state index in [2.05, 4.69) is 16.4 Å². The summed E-state index contributed by atoms with van der Waals surface area (Å²) >= 11 is 0. The van der Waals surface area contributed by atoms with Crippen molar-refractivity contribution < 1.29 is 29.0 Å². The summed E-state index contributed by atoms with van der Waals surface area (Å²) in [6.45, 7) is 0.677. The first-order chi connectivity index (χ1) is 14.0. The number of carboxylic acids is 2. The molecular weight excluding hydrogens is 376 g/mol. The van der Waals surface area contributed by atoms with Gasteiger partial charge in [0.2, 0.25) is 0 Å². The second-order valence-electron chi connectivity index (χ2n) is 5.97. The fourth-order valence-corrected chi connectivity index (χ4v) is 2.76. The van der Waals surface area contributed by atoms with Gasteiger partial charge in [-0.15, -0.1) is 0 Å². The van der Waals surface area contributed by atoms with Crippen LogP contribution in [0, 0.1) is 0 Å². The Morgan fingerprint density at radius 2 is 1.79 bits per heavy atom. The van der Waals surface area contributed by atoms with Crippen LogP contribution in [-0.2, 0) is 16.1 Å². The Hall–Kier alpha value is -4.07. The summed E-state index contributed by atoms with van der Waals surface area (Å²) in [5, 5.41) is 20.3. The molecule has 0 spiro atoms. The molecule has 0 aliphatic carbocycles. The molecule has 148 valence electrons. The quantitative estimate of drug-likeness (QED) is 0.447. The molecule has 4 aromatic rings. The first-order valence-electron chi connectivity index (χ1n) is 8.58. The molecule has 0 unspecified atom stereocenters. The van der Waals surface area contributed by atoms with Crippen molar-refractivity contribution in [3.8, 4) is 5.75 Å². The second-order valence-corrected chi connectivity index (χ2v) is 5.97. The van der Waals surface area contributed by atoms with E-state index in [0.717, 1.165) is 38.9 Å². The van der Waals surface area contributed by atoms with E-state index in [9.17, 15) is 0 Å². The molecule has 8 nitrogen and oxygen atoms in total. The van der Waals surface area contributed by atoms with Gasteiger partial charge >= 0.3 is 11.9 Å². The van der Waals surface area contributed by atoms with Gasteiger partial charge in [-0.05, 0) is 23.8 Å². The fraction of sp³-hybridized carbons (Fsp3) is 0.0952. The highest BCUT2D eigenvalue weighted by molar-refractivity contribution is 6.27. The molecule has 8 heteroatoms. The van der Waals surface area contributed by atoms with E-state index < -0.39 is 11.9 Å². The summed E-state index contributed by atoms with van der Waals surface area (Å²) in [6, 6.07) is 16.0. The zero-order valence-corrected chi connectivity index (χ0v) is 15.5. The van der Waals surface area contributed by atoms with Gasteiger partial charge in [-0.1, -0.05) is 24.3 Å². The van der Waals surface area contributed by atoms with Crippen LogP contribution in [0.4, 0.5) is 5.69 Å². The minimum atomic E-state index is -1.82. The van der Waals surface area contributed by atoms with Crippen molar-refractivity contribution in [1.29, 1.82) is 0 Å². The number of fused-ring (bicyclic) bond motifs is 3. The van der Waals surface area contributed by atoms with Crippen molar-refractivity contribution in [3.63, 3.8) is 0 Å². The Morgan fingerprint density at radius 1 is 1.03 bits per heavy atom. The zero-order chi connectivity index (χ0) is 20.8. The maximum Gasteiger partial charge on any atom is 0.414 e. The van der Waals surface area contributed by atoms with Crippen LogP contribution in [0.15, 0.2) is 65.3 Å². The van der Waals surface area contributed by atoms with Crippen LogP contribution < -0.4 is 10.1 Å². The summed E-state index contributed by atoms with van der Waals surface area (Å²) in [4.78, 5) is 22.3. The molecule has 0 aliphatic rings. The number of furan rings is 1. The number of benzene rings is 2. The molecule has 2 aromatic carbocycles. The van der Waals surface area contributed by atoms with Crippen LogP contribution in [0.1, 0.15) is 5.56 Å². The average molecular weight is 394 g/mol. The normalized spacial score (nSPS) is 10.2. The number of nitrogens with one attached hydrogen (secondary N) is 1. The minimum absolute atomic E-state index is 0.677. The molecule has 0 saturated carbocycles. The Morgan fingerprint density at radius 3 is 2.45 bits per heavy atom. The number of hydrogen-bond donors (Lipinski definition) is 3. The smallest absolute Gasteiger partial charge is 0.414 e. The first-order valence-corrected chi connectivity index (χ1v) is 8.58. The van der Waals surface area contributed by atoms with Crippen LogP contribution in [0.25, 0.3) is 21.9 Å². The number of carboxylic acid groups (broad SMARTS) is 2. The number of hydrogen-bond acceptors (Lipinski definition) is 6. The van der Waals surface area contributed by atoms with Crippen LogP contribution in [0.3, 0.4) is 0 Å². The maximum atomic E-state index is 9.10. The Balaban J connectivity index is 0.000000353. The van der Waals surface area contributed by atoms with Gasteiger partial charge in [0.1, 0.15) is 16.9 Å². The van der Waals surface area contributed by atoms with Crippen molar-refractivity contribution >= 4 is 39.6 Å². The van der Waals surface area contributed by atoms with Crippen molar-refractivity contribution in [3.05, 3.63) is 66.5 Å². The number of aromatic nitrogens is 1. The number of ether oxygens (including phenoxy) is 1. The summed E-state index contributed by atoms with van der Waals surface area (Å²) in [5.74, 6) is -2.85. The van der Waals surface area contributed by atoms with E-state index in [-0.39, 0.29) is 0 Å². The standard InChI is InChI=1S/C19H16N2O2.C2H2O4/c1-22-19-9-15-14-6-2-3-7-17(14)23-18(15)10-16(19)21-12-13-5-4-8-20-11-13;3-1(4)2(5)6/h2-11,21H,12H2,1H3;(H,3,4)(H,5,6). The third-order valence-corrected chi connectivity index (χ3v) is 4.09. The predicted octanol–water partition coefficient (Wildman–Crippen LogP) is 3.76. The molecule has 29 heavy (non-hydrogen) atoms. The van der Waals surface area contributed by atoms with E-state index >= 15 is 0 Å². The lowest BCUT2D eigenvalue weighted by atomic mass is 10.1. The van der Waals surface area contributed by atoms with Gasteiger partial charge in [0.15, 0.2) is 0 Å². The number of carbonyl (C=O) groups is 2. The Kier molecular flexibility index (Phi) is 5.94. The van der Waals surface area contributed by atoms with Crippen molar-refractivity contribution in [1.82, 2.24) is 4.98 Å². The van der Waals surface area contributed by atoms with Crippen LogP contribution in [-0.4, -0.2) is 34.2 Å². The number of nitrogens with zero attached hydrogens (tertiary/aromatic N) is 1. The topological polar surface area (TPSA) is 122 Å². The third-order valence-electron chi connectivity index (χ3n) is 4.09. The molecule has 0 amide bonds. The number of para-hydroxylation sites is 1. The lowest BCUT2D eigenvalue weighted by Gasteiger charge is -2.11. The highest BCUT2D eigenvalue weighted by Crippen LogP contribution is 2.36. The number of rotatable bonds is 4. The lowest BCUT2D eigenvalue weighted by Crippen LogP contribution is -2.09. The predicted molar refractivity (Wildman–Crippen MR) is 107 cm³/mol. The molecule has 0 saturated heterocycles. The molecule has 0 radical (unpaired) electrons. The number of methoxy groups -OCH3 is 1. The van der Waals surface area contributed by atoms with Crippen molar-refractivity contribution in [2.75, 3.05) is 12.4 Å². The van der Waals surface area contributed by atoms with Crippen LogP contribution in [0.5, 0.6) is 5.75 Å². The summed E-state index contributed by atoms with van der Waals surface area (Å²) < 4.78 is 11.5. The molecule has 0 atom stereocenters. The Bertz CT molecular complexity index is 1140. The number of pyridine rings is 1. The fourth-order valence-electron chi connectivity index (χ4n) is 2.76. The van der Waals surface area contributed by atoms with E-state index in [1.54, 1.807) is 13.3 Å². The average Bonchev–Trinajstić information content (AvgIpc) is 3.10. The second kappa shape index (κ2) is 8.75. The highest BCUT2D eigenvalue weighted by atomic mass is 16.5. The van der Waals surface area contributed by atoms with Gasteiger partial charge in [-0.2, -0.15) is 0 Å². The lowest BCUT2D eigenvalue weighted by molar-refractivity contribution is -0.159. The monoisotopic (exact) mass is 394 g/mol. The summed E-state index contributed by atoms with van der Waals surface area (Å²) in [7, 11) is 1.68. The minimum Gasteiger partial charge on any atom is -0.495 e. The zero-order valence-electron chi connectivity index (χ0n) is 15.5. The van der Waals surface area contributed by atoms with Crippen LogP contribution in [0.2, 0.25) is 0 Å². The molecule has 3 N–H and O–H groups in total. The summed E-state index contributed by atoms with van der Waals surface area (Å²) in [6.07, 6.45) is 3.61. The van der Waals surface area contributed by atoms with Gasteiger partial charge in [0.05, 0.1) is 12.8 Å². The molecule has 0 aliphatic heterocycles. The van der Waals surface area contributed by atoms with Crippen molar-refractivity contribution in [2.45, 2.75) is 6.54 Å². The van der Waals surface area contributed by atoms with E-state index in [4.69, 9.17) is 29.0 Å². The van der Waals surface area contributed by atoms with Crippen molar-refractivity contribution in [2.24, 2.45) is 0 Å². The summed E-state index contributed by atoms with van der Waals surface area (Å²) in [5.41, 5.74) is 3.75.